The minimum Gasteiger partial charge on any atom is -0.320 e. The highest BCUT2D eigenvalue weighted by molar-refractivity contribution is 7.14. The molecule has 1 amide bonds. The summed E-state index contributed by atoms with van der Waals surface area (Å²) in [7, 11) is 0. The van der Waals surface area contributed by atoms with E-state index < -0.39 is 0 Å². The van der Waals surface area contributed by atoms with Crippen molar-refractivity contribution < 1.29 is 4.79 Å². The van der Waals surface area contributed by atoms with E-state index in [0.29, 0.717) is 20.6 Å². The first-order valence-corrected chi connectivity index (χ1v) is 7.64. The number of rotatable bonds is 2. The molecule has 0 spiro atoms. The summed E-state index contributed by atoms with van der Waals surface area (Å²) < 4.78 is 0. The molecular formula is C15H12Cl2N2OS. The summed E-state index contributed by atoms with van der Waals surface area (Å²) in [6, 6.07) is 6.85. The molecule has 3 nitrogen and oxygen atoms in total. The van der Waals surface area contributed by atoms with E-state index in [1.54, 1.807) is 24.3 Å². The SMILES string of the molecule is Cc1cc(Cl)c(NC(=O)c2ccc(C#CCN)s2)cc1Cl. The Morgan fingerprint density at radius 2 is 2.10 bits per heavy atom. The zero-order chi connectivity index (χ0) is 15.4. The zero-order valence-electron chi connectivity index (χ0n) is 11.2. The third kappa shape index (κ3) is 3.99. The van der Waals surface area contributed by atoms with E-state index in [1.807, 2.05) is 6.92 Å². The molecule has 0 saturated carbocycles. The Morgan fingerprint density at radius 3 is 2.81 bits per heavy atom. The minimum absolute atomic E-state index is 0.248. The molecule has 0 radical (unpaired) electrons. The molecule has 0 aliphatic heterocycles. The summed E-state index contributed by atoms with van der Waals surface area (Å²) in [5.74, 6) is 5.39. The van der Waals surface area contributed by atoms with Gasteiger partial charge in [-0.15, -0.1) is 11.3 Å². The Bertz CT molecular complexity index is 744. The van der Waals surface area contributed by atoms with Crippen LogP contribution in [-0.4, -0.2) is 12.5 Å². The normalized spacial score (nSPS) is 9.90. The van der Waals surface area contributed by atoms with E-state index in [9.17, 15) is 4.79 Å². The van der Waals surface area contributed by atoms with E-state index in [2.05, 4.69) is 17.2 Å². The van der Waals surface area contributed by atoms with Crippen molar-refractivity contribution in [3.05, 3.63) is 49.6 Å². The van der Waals surface area contributed by atoms with Gasteiger partial charge < -0.3 is 11.1 Å². The first-order chi connectivity index (χ1) is 10.0. The second-order valence-electron chi connectivity index (χ2n) is 4.21. The number of carbonyl (C=O) groups excluding carboxylic acids is 1. The molecule has 0 aliphatic rings. The predicted molar refractivity (Wildman–Crippen MR) is 89.4 cm³/mol. The van der Waals surface area contributed by atoms with Crippen molar-refractivity contribution in [1.82, 2.24) is 0 Å². The molecule has 0 bridgehead atoms. The lowest BCUT2D eigenvalue weighted by molar-refractivity contribution is 0.103. The van der Waals surface area contributed by atoms with Crippen LogP contribution in [0.1, 0.15) is 20.1 Å². The second kappa shape index (κ2) is 6.97. The van der Waals surface area contributed by atoms with Crippen LogP contribution in [0.5, 0.6) is 0 Å². The first-order valence-electron chi connectivity index (χ1n) is 6.07. The van der Waals surface area contributed by atoms with E-state index in [-0.39, 0.29) is 12.5 Å². The van der Waals surface area contributed by atoms with Gasteiger partial charge in [0.15, 0.2) is 0 Å². The van der Waals surface area contributed by atoms with Gasteiger partial charge in [-0.2, -0.15) is 0 Å². The highest BCUT2D eigenvalue weighted by Crippen LogP contribution is 2.29. The Labute approximate surface area is 137 Å². The van der Waals surface area contributed by atoms with Gasteiger partial charge >= 0.3 is 0 Å². The summed E-state index contributed by atoms with van der Waals surface area (Å²) in [6.45, 7) is 2.14. The van der Waals surface area contributed by atoms with Crippen LogP contribution in [0.3, 0.4) is 0 Å². The van der Waals surface area contributed by atoms with Crippen LogP contribution in [0.2, 0.25) is 10.0 Å². The first kappa shape index (κ1) is 15.9. The number of hydrogen-bond donors (Lipinski definition) is 2. The second-order valence-corrected chi connectivity index (χ2v) is 6.10. The predicted octanol–water partition coefficient (Wildman–Crippen LogP) is 3.93. The number of aryl methyl sites for hydroxylation is 1. The van der Waals surface area contributed by atoms with Crippen molar-refractivity contribution in [2.75, 3.05) is 11.9 Å². The van der Waals surface area contributed by atoms with E-state index in [0.717, 1.165) is 10.4 Å². The molecule has 0 atom stereocenters. The van der Waals surface area contributed by atoms with Crippen molar-refractivity contribution in [1.29, 1.82) is 0 Å². The molecule has 0 unspecified atom stereocenters. The molecule has 3 N–H and O–H groups in total. The molecular weight excluding hydrogens is 327 g/mol. The lowest BCUT2D eigenvalue weighted by Crippen LogP contribution is -2.10. The third-order valence-electron chi connectivity index (χ3n) is 2.64. The van der Waals surface area contributed by atoms with Crippen LogP contribution in [0.4, 0.5) is 5.69 Å². The Kier molecular flexibility index (Phi) is 5.27. The van der Waals surface area contributed by atoms with Gasteiger partial charge in [-0.1, -0.05) is 35.0 Å². The molecule has 21 heavy (non-hydrogen) atoms. The fourth-order valence-electron chi connectivity index (χ4n) is 1.59. The van der Waals surface area contributed by atoms with Gasteiger partial charge in [-0.3, -0.25) is 4.79 Å². The highest BCUT2D eigenvalue weighted by Gasteiger charge is 2.12. The molecule has 6 heteroatoms. The van der Waals surface area contributed by atoms with Gasteiger partial charge in [0.25, 0.3) is 5.91 Å². The Balaban J connectivity index is 2.18. The number of nitrogens with two attached hydrogens (primary N) is 1. The quantitative estimate of drug-likeness (QED) is 0.815. The van der Waals surface area contributed by atoms with Crippen molar-refractivity contribution in [2.45, 2.75) is 6.92 Å². The van der Waals surface area contributed by atoms with Crippen LogP contribution in [0.25, 0.3) is 0 Å². The summed E-state index contributed by atoms with van der Waals surface area (Å²) in [6.07, 6.45) is 0. The van der Waals surface area contributed by atoms with E-state index in [4.69, 9.17) is 28.9 Å². The summed E-state index contributed by atoms with van der Waals surface area (Å²) >= 11 is 13.4. The summed E-state index contributed by atoms with van der Waals surface area (Å²) in [5.41, 5.74) is 6.66. The van der Waals surface area contributed by atoms with E-state index in [1.165, 1.54) is 11.3 Å². The largest absolute Gasteiger partial charge is 0.320 e. The molecule has 1 heterocycles. The Morgan fingerprint density at radius 1 is 1.33 bits per heavy atom. The maximum absolute atomic E-state index is 12.2. The van der Waals surface area contributed by atoms with Crippen molar-refractivity contribution in [3.8, 4) is 11.8 Å². The number of nitrogens with one attached hydrogen (secondary N) is 1. The summed E-state index contributed by atoms with van der Waals surface area (Å²) in [5, 5.41) is 3.75. The monoisotopic (exact) mass is 338 g/mol. The van der Waals surface area contributed by atoms with Gasteiger partial charge in [0.05, 0.1) is 27.0 Å². The molecule has 1 aromatic heterocycles. The Hall–Kier alpha value is -1.51. The fraction of sp³-hybridized carbons (Fsp3) is 0.133. The topological polar surface area (TPSA) is 55.1 Å². The molecule has 108 valence electrons. The average molecular weight is 339 g/mol. The van der Waals surface area contributed by atoms with Crippen LogP contribution in [0.15, 0.2) is 24.3 Å². The number of thiophene rings is 1. The van der Waals surface area contributed by atoms with Gasteiger partial charge in [0, 0.05) is 5.02 Å². The van der Waals surface area contributed by atoms with Crippen molar-refractivity contribution in [3.63, 3.8) is 0 Å². The average Bonchev–Trinajstić information content (AvgIpc) is 2.91. The van der Waals surface area contributed by atoms with Gasteiger partial charge in [0.1, 0.15) is 0 Å². The van der Waals surface area contributed by atoms with Crippen LogP contribution in [0, 0.1) is 18.8 Å². The molecule has 2 rings (SSSR count). The number of anilines is 1. The number of hydrogen-bond acceptors (Lipinski definition) is 3. The third-order valence-corrected chi connectivity index (χ3v) is 4.36. The maximum atomic E-state index is 12.2. The molecule has 0 saturated heterocycles. The van der Waals surface area contributed by atoms with Crippen LogP contribution < -0.4 is 11.1 Å². The standard InChI is InChI=1S/C15H12Cl2N2OS/c1-9-7-12(17)13(8-11(9)16)19-15(20)14-5-4-10(21-14)3-2-6-18/h4-5,7-8H,6,18H2,1H3,(H,19,20). The fourth-order valence-corrected chi connectivity index (χ4v) is 2.80. The maximum Gasteiger partial charge on any atom is 0.265 e. The molecule has 0 fully saturated rings. The van der Waals surface area contributed by atoms with Crippen molar-refractivity contribution >= 4 is 46.1 Å². The lowest BCUT2D eigenvalue weighted by atomic mass is 10.2. The number of halogens is 2. The highest BCUT2D eigenvalue weighted by atomic mass is 35.5. The van der Waals surface area contributed by atoms with E-state index >= 15 is 0 Å². The smallest absolute Gasteiger partial charge is 0.265 e. The van der Waals surface area contributed by atoms with Crippen LogP contribution in [-0.2, 0) is 0 Å². The molecule has 0 aliphatic carbocycles. The number of amides is 1. The number of benzene rings is 1. The molecule has 1 aromatic carbocycles. The van der Waals surface area contributed by atoms with Gasteiger partial charge in [0.2, 0.25) is 0 Å². The lowest BCUT2D eigenvalue weighted by Gasteiger charge is -2.08. The van der Waals surface area contributed by atoms with Gasteiger partial charge in [-0.05, 0) is 36.8 Å². The van der Waals surface area contributed by atoms with Crippen molar-refractivity contribution in [2.24, 2.45) is 5.73 Å². The van der Waals surface area contributed by atoms with Crippen LogP contribution >= 0.6 is 34.5 Å². The molecule has 2 aromatic rings. The minimum atomic E-state index is -0.248. The zero-order valence-corrected chi connectivity index (χ0v) is 13.5. The summed E-state index contributed by atoms with van der Waals surface area (Å²) in [4.78, 5) is 13.5. The number of carbonyl (C=O) groups is 1. The van der Waals surface area contributed by atoms with Gasteiger partial charge in [-0.25, -0.2) is 0 Å².